The van der Waals surface area contributed by atoms with E-state index in [4.69, 9.17) is 5.84 Å². The van der Waals surface area contributed by atoms with Crippen LogP contribution in [0.15, 0.2) is 22.7 Å². The lowest BCUT2D eigenvalue weighted by Crippen LogP contribution is -2.39. The van der Waals surface area contributed by atoms with Crippen LogP contribution in [-0.4, -0.2) is 0 Å². The van der Waals surface area contributed by atoms with Crippen molar-refractivity contribution in [1.82, 2.24) is 5.43 Å². The summed E-state index contributed by atoms with van der Waals surface area (Å²) in [5, 5.41) is 0. The molecule has 0 amide bonds. The zero-order chi connectivity index (χ0) is 12.5. The second-order valence-electron chi connectivity index (χ2n) is 5.13. The van der Waals surface area contributed by atoms with E-state index in [2.05, 4.69) is 28.3 Å². The molecular weight excluding hydrogens is 283 g/mol. The van der Waals surface area contributed by atoms with E-state index in [0.29, 0.717) is 5.56 Å². The van der Waals surface area contributed by atoms with Gasteiger partial charge in [0.15, 0.2) is 0 Å². The number of nitrogens with one attached hydrogen (secondary N) is 1. The van der Waals surface area contributed by atoms with Crippen molar-refractivity contribution in [3.63, 3.8) is 0 Å². The lowest BCUT2D eigenvalue weighted by molar-refractivity contribution is 0.220. The van der Waals surface area contributed by atoms with Gasteiger partial charge in [-0.25, -0.2) is 4.39 Å². The van der Waals surface area contributed by atoms with E-state index in [-0.39, 0.29) is 17.3 Å². The molecule has 0 heterocycles. The van der Waals surface area contributed by atoms with Gasteiger partial charge in [-0.1, -0.05) is 35.7 Å². The molecule has 1 aliphatic rings. The maximum absolute atomic E-state index is 13.9. The van der Waals surface area contributed by atoms with Crippen molar-refractivity contribution in [2.24, 2.45) is 11.3 Å². The topological polar surface area (TPSA) is 38.0 Å². The lowest BCUT2D eigenvalue weighted by Gasteiger charge is -2.34. The highest BCUT2D eigenvalue weighted by Crippen LogP contribution is 2.47. The first-order chi connectivity index (χ1) is 8.07. The third-order valence-corrected chi connectivity index (χ3v) is 4.37. The van der Waals surface area contributed by atoms with Gasteiger partial charge in [0.25, 0.3) is 0 Å². The third kappa shape index (κ3) is 2.54. The molecule has 4 heteroatoms. The minimum Gasteiger partial charge on any atom is -0.271 e. The molecule has 2 rings (SSSR count). The first-order valence-electron chi connectivity index (χ1n) is 5.98. The number of benzene rings is 1. The van der Waals surface area contributed by atoms with Crippen molar-refractivity contribution in [3.05, 3.63) is 34.1 Å². The Hall–Kier alpha value is -0.450. The molecule has 0 radical (unpaired) electrons. The average molecular weight is 301 g/mol. The molecule has 3 N–H and O–H groups in total. The van der Waals surface area contributed by atoms with E-state index in [1.807, 2.05) is 6.07 Å². The van der Waals surface area contributed by atoms with Crippen LogP contribution < -0.4 is 11.3 Å². The van der Waals surface area contributed by atoms with Crippen LogP contribution in [0.3, 0.4) is 0 Å². The van der Waals surface area contributed by atoms with Crippen LogP contribution in [0.5, 0.6) is 0 Å². The molecule has 0 bridgehead atoms. The van der Waals surface area contributed by atoms with Crippen LogP contribution in [0.25, 0.3) is 0 Å². The Balaban J connectivity index is 2.37. The lowest BCUT2D eigenvalue weighted by atomic mass is 9.77. The molecule has 1 aromatic carbocycles. The Labute approximate surface area is 110 Å². The molecule has 1 fully saturated rings. The fourth-order valence-electron chi connectivity index (χ4n) is 2.87. The van der Waals surface area contributed by atoms with Crippen LogP contribution in [0.2, 0.25) is 0 Å². The standard InChI is InChI=1S/C13H18BrFN2/c1-13(6-2-3-7-13)12(17-16)10-8-9(14)4-5-11(10)15/h4-5,8,12,17H,2-3,6-7,16H2,1H3. The molecule has 2 nitrogen and oxygen atoms in total. The van der Waals surface area contributed by atoms with E-state index in [1.54, 1.807) is 6.07 Å². The second-order valence-corrected chi connectivity index (χ2v) is 6.04. The first-order valence-corrected chi connectivity index (χ1v) is 6.77. The molecule has 0 aliphatic heterocycles. The predicted octanol–water partition coefficient (Wildman–Crippen LogP) is 3.67. The molecule has 1 aromatic rings. The van der Waals surface area contributed by atoms with Gasteiger partial charge in [-0.05, 0) is 36.5 Å². The summed E-state index contributed by atoms with van der Waals surface area (Å²) in [7, 11) is 0. The number of hydrazine groups is 1. The van der Waals surface area contributed by atoms with Gasteiger partial charge < -0.3 is 0 Å². The summed E-state index contributed by atoms with van der Waals surface area (Å²) in [6, 6.07) is 4.90. The minimum atomic E-state index is -0.190. The van der Waals surface area contributed by atoms with Gasteiger partial charge in [-0.2, -0.15) is 0 Å². The van der Waals surface area contributed by atoms with Crippen LogP contribution in [0.4, 0.5) is 4.39 Å². The van der Waals surface area contributed by atoms with Gasteiger partial charge in [0.1, 0.15) is 5.82 Å². The Morgan fingerprint density at radius 1 is 1.41 bits per heavy atom. The summed E-state index contributed by atoms with van der Waals surface area (Å²) in [6.45, 7) is 2.19. The van der Waals surface area contributed by atoms with E-state index >= 15 is 0 Å². The van der Waals surface area contributed by atoms with Crippen LogP contribution in [0, 0.1) is 11.2 Å². The largest absolute Gasteiger partial charge is 0.271 e. The molecular formula is C13H18BrFN2. The maximum Gasteiger partial charge on any atom is 0.128 e. The van der Waals surface area contributed by atoms with Crippen molar-refractivity contribution in [1.29, 1.82) is 0 Å². The summed E-state index contributed by atoms with van der Waals surface area (Å²) in [5.74, 6) is 5.47. The molecule has 1 saturated carbocycles. The van der Waals surface area contributed by atoms with Gasteiger partial charge in [-0.3, -0.25) is 11.3 Å². The number of hydrogen-bond donors (Lipinski definition) is 2. The van der Waals surface area contributed by atoms with Crippen molar-refractivity contribution in [2.75, 3.05) is 0 Å². The van der Waals surface area contributed by atoms with E-state index in [9.17, 15) is 4.39 Å². The molecule has 17 heavy (non-hydrogen) atoms. The van der Waals surface area contributed by atoms with Gasteiger partial charge in [-0.15, -0.1) is 0 Å². The third-order valence-electron chi connectivity index (χ3n) is 3.88. The van der Waals surface area contributed by atoms with Crippen LogP contribution in [0.1, 0.15) is 44.2 Å². The Morgan fingerprint density at radius 3 is 2.65 bits per heavy atom. The van der Waals surface area contributed by atoms with Gasteiger partial charge in [0.2, 0.25) is 0 Å². The summed E-state index contributed by atoms with van der Waals surface area (Å²) in [6.07, 6.45) is 4.58. The summed E-state index contributed by atoms with van der Waals surface area (Å²) in [5.41, 5.74) is 3.52. The van der Waals surface area contributed by atoms with E-state index in [0.717, 1.165) is 17.3 Å². The van der Waals surface area contributed by atoms with Crippen molar-refractivity contribution in [2.45, 2.75) is 38.6 Å². The Morgan fingerprint density at radius 2 is 2.06 bits per heavy atom. The number of nitrogens with two attached hydrogens (primary N) is 1. The Bertz CT molecular complexity index is 402. The minimum absolute atomic E-state index is 0.0520. The zero-order valence-corrected chi connectivity index (χ0v) is 11.6. The van der Waals surface area contributed by atoms with Crippen LogP contribution >= 0.6 is 15.9 Å². The van der Waals surface area contributed by atoms with Crippen molar-refractivity contribution in [3.8, 4) is 0 Å². The molecule has 0 saturated heterocycles. The first kappa shape index (κ1) is 13.0. The zero-order valence-electron chi connectivity index (χ0n) is 9.97. The highest BCUT2D eigenvalue weighted by Gasteiger charge is 2.38. The monoisotopic (exact) mass is 300 g/mol. The van der Waals surface area contributed by atoms with E-state index in [1.165, 1.54) is 18.9 Å². The van der Waals surface area contributed by atoms with Gasteiger partial charge in [0.05, 0.1) is 6.04 Å². The quantitative estimate of drug-likeness (QED) is 0.660. The molecule has 1 unspecified atom stereocenters. The number of halogens is 2. The summed E-state index contributed by atoms with van der Waals surface area (Å²) < 4.78 is 14.8. The van der Waals surface area contributed by atoms with Gasteiger partial charge >= 0.3 is 0 Å². The fourth-order valence-corrected chi connectivity index (χ4v) is 3.25. The van der Waals surface area contributed by atoms with E-state index < -0.39 is 0 Å². The predicted molar refractivity (Wildman–Crippen MR) is 70.7 cm³/mol. The second kappa shape index (κ2) is 5.04. The summed E-state index contributed by atoms with van der Waals surface area (Å²) >= 11 is 3.38. The molecule has 0 aromatic heterocycles. The smallest absolute Gasteiger partial charge is 0.128 e. The highest BCUT2D eigenvalue weighted by atomic mass is 79.9. The highest BCUT2D eigenvalue weighted by molar-refractivity contribution is 9.10. The molecule has 0 spiro atoms. The maximum atomic E-state index is 13.9. The average Bonchev–Trinajstić information content (AvgIpc) is 2.72. The fraction of sp³-hybridized carbons (Fsp3) is 0.538. The normalized spacial score (nSPS) is 20.5. The molecule has 1 atom stereocenters. The molecule has 94 valence electrons. The Kier molecular flexibility index (Phi) is 3.85. The SMILES string of the molecule is CC1(C(NN)c2cc(Br)ccc2F)CCCC1. The number of hydrogen-bond acceptors (Lipinski definition) is 2. The van der Waals surface area contributed by atoms with Crippen molar-refractivity contribution < 1.29 is 4.39 Å². The number of rotatable bonds is 3. The summed E-state index contributed by atoms with van der Waals surface area (Å²) in [4.78, 5) is 0. The van der Waals surface area contributed by atoms with Crippen molar-refractivity contribution >= 4 is 15.9 Å². The van der Waals surface area contributed by atoms with Gasteiger partial charge in [0, 0.05) is 10.0 Å². The van der Waals surface area contributed by atoms with Crippen LogP contribution in [-0.2, 0) is 0 Å². The molecule has 1 aliphatic carbocycles.